The number of nitro groups is 1. The van der Waals surface area contributed by atoms with Gasteiger partial charge in [-0.3, -0.25) is 10.1 Å². The number of nitrogens with two attached hydrogens (primary N) is 1. The van der Waals surface area contributed by atoms with Crippen molar-refractivity contribution < 1.29 is 4.92 Å². The van der Waals surface area contributed by atoms with Gasteiger partial charge in [0.15, 0.2) is 0 Å². The Morgan fingerprint density at radius 2 is 2.00 bits per heavy atom. The molecular formula is C11H16N2O2. The summed E-state index contributed by atoms with van der Waals surface area (Å²) in [5, 5.41) is 10.4. The van der Waals surface area contributed by atoms with Crippen molar-refractivity contribution in [3.8, 4) is 0 Å². The third kappa shape index (κ3) is 3.67. The average molecular weight is 208 g/mol. The van der Waals surface area contributed by atoms with Gasteiger partial charge in [-0.1, -0.05) is 25.5 Å². The molecule has 0 aliphatic rings. The maximum atomic E-state index is 10.4. The number of rotatable bonds is 5. The van der Waals surface area contributed by atoms with Gasteiger partial charge < -0.3 is 5.73 Å². The molecule has 82 valence electrons. The quantitative estimate of drug-likeness (QED) is 0.596. The molecule has 15 heavy (non-hydrogen) atoms. The van der Waals surface area contributed by atoms with Gasteiger partial charge in [-0.05, 0) is 18.4 Å². The topological polar surface area (TPSA) is 69.2 Å². The van der Waals surface area contributed by atoms with Crippen LogP contribution in [0, 0.1) is 10.1 Å². The molecule has 0 fully saturated rings. The summed E-state index contributed by atoms with van der Waals surface area (Å²) in [4.78, 5) is 10.0. The fourth-order valence-electron chi connectivity index (χ4n) is 1.53. The summed E-state index contributed by atoms with van der Waals surface area (Å²) in [6.45, 7) is 2.09. The minimum atomic E-state index is -0.393. The maximum absolute atomic E-state index is 10.4. The highest BCUT2D eigenvalue weighted by Gasteiger charge is 2.06. The van der Waals surface area contributed by atoms with Gasteiger partial charge >= 0.3 is 0 Å². The lowest BCUT2D eigenvalue weighted by atomic mass is 10.0. The van der Waals surface area contributed by atoms with E-state index < -0.39 is 4.92 Å². The zero-order valence-corrected chi connectivity index (χ0v) is 8.85. The number of benzene rings is 1. The third-order valence-corrected chi connectivity index (χ3v) is 2.30. The van der Waals surface area contributed by atoms with Crippen molar-refractivity contribution in [2.45, 2.75) is 32.2 Å². The van der Waals surface area contributed by atoms with Crippen LogP contribution in [0.25, 0.3) is 0 Å². The van der Waals surface area contributed by atoms with Crippen LogP contribution in [-0.2, 0) is 6.42 Å². The van der Waals surface area contributed by atoms with Crippen molar-refractivity contribution in [1.82, 2.24) is 0 Å². The molecule has 0 bridgehead atoms. The molecule has 0 unspecified atom stereocenters. The summed E-state index contributed by atoms with van der Waals surface area (Å²) in [5.74, 6) is 0. The highest BCUT2D eigenvalue weighted by molar-refractivity contribution is 5.33. The second kappa shape index (κ2) is 5.46. The second-order valence-corrected chi connectivity index (χ2v) is 3.68. The molecule has 0 aromatic heterocycles. The molecule has 1 aromatic rings. The normalized spacial score (nSPS) is 12.4. The van der Waals surface area contributed by atoms with Crippen molar-refractivity contribution in [2.75, 3.05) is 0 Å². The van der Waals surface area contributed by atoms with Crippen LogP contribution in [0.3, 0.4) is 0 Å². The van der Waals surface area contributed by atoms with Gasteiger partial charge in [0, 0.05) is 18.2 Å². The molecule has 0 spiro atoms. The molecule has 1 atom stereocenters. The Balaban J connectivity index is 2.60. The van der Waals surface area contributed by atoms with Gasteiger partial charge in [-0.25, -0.2) is 0 Å². The van der Waals surface area contributed by atoms with E-state index in [1.807, 2.05) is 0 Å². The molecule has 1 rings (SSSR count). The van der Waals surface area contributed by atoms with E-state index >= 15 is 0 Å². The van der Waals surface area contributed by atoms with E-state index in [0.29, 0.717) is 0 Å². The van der Waals surface area contributed by atoms with Crippen LogP contribution >= 0.6 is 0 Å². The fourth-order valence-corrected chi connectivity index (χ4v) is 1.53. The molecule has 0 aliphatic carbocycles. The standard InChI is InChI=1S/C11H16N2O2/c1-2-3-10(12)8-9-4-6-11(7-5-9)13(14)15/h4-7,10H,2-3,8,12H2,1H3/t10-/m0/s1. The van der Waals surface area contributed by atoms with E-state index in [1.54, 1.807) is 12.1 Å². The van der Waals surface area contributed by atoms with Gasteiger partial charge in [0.1, 0.15) is 0 Å². The molecule has 1 aromatic carbocycles. The number of non-ortho nitro benzene ring substituents is 1. The number of hydrogen-bond acceptors (Lipinski definition) is 3. The lowest BCUT2D eigenvalue weighted by molar-refractivity contribution is -0.384. The van der Waals surface area contributed by atoms with Gasteiger partial charge in [0.2, 0.25) is 0 Å². The SMILES string of the molecule is CCC[C@H](N)Cc1ccc([N+](=O)[O-])cc1. The van der Waals surface area contributed by atoms with Crippen LogP contribution in [0.5, 0.6) is 0 Å². The molecular weight excluding hydrogens is 192 g/mol. The smallest absolute Gasteiger partial charge is 0.269 e. The molecule has 4 nitrogen and oxygen atoms in total. The zero-order valence-electron chi connectivity index (χ0n) is 8.85. The van der Waals surface area contributed by atoms with E-state index in [2.05, 4.69) is 6.92 Å². The molecule has 0 saturated heterocycles. The Hall–Kier alpha value is -1.42. The maximum Gasteiger partial charge on any atom is 0.269 e. The van der Waals surface area contributed by atoms with Crippen molar-refractivity contribution in [2.24, 2.45) is 5.73 Å². The zero-order chi connectivity index (χ0) is 11.3. The first kappa shape index (κ1) is 11.7. The van der Waals surface area contributed by atoms with Crippen LogP contribution < -0.4 is 5.73 Å². The molecule has 0 amide bonds. The van der Waals surface area contributed by atoms with Crippen LogP contribution in [0.1, 0.15) is 25.3 Å². The molecule has 0 heterocycles. The summed E-state index contributed by atoms with van der Waals surface area (Å²) >= 11 is 0. The van der Waals surface area contributed by atoms with Crippen molar-refractivity contribution >= 4 is 5.69 Å². The molecule has 0 aliphatic heterocycles. The number of nitro benzene ring substituents is 1. The van der Waals surface area contributed by atoms with Crippen molar-refractivity contribution in [3.05, 3.63) is 39.9 Å². The Morgan fingerprint density at radius 3 is 2.47 bits per heavy atom. The molecule has 0 saturated carbocycles. The third-order valence-electron chi connectivity index (χ3n) is 2.30. The average Bonchev–Trinajstić information content (AvgIpc) is 2.18. The predicted octanol–water partition coefficient (Wildman–Crippen LogP) is 2.26. The first-order valence-corrected chi connectivity index (χ1v) is 5.12. The molecule has 0 radical (unpaired) electrons. The minimum absolute atomic E-state index is 0.128. The largest absolute Gasteiger partial charge is 0.327 e. The Morgan fingerprint density at radius 1 is 1.40 bits per heavy atom. The van der Waals surface area contributed by atoms with E-state index in [4.69, 9.17) is 5.73 Å². The predicted molar refractivity (Wildman–Crippen MR) is 59.7 cm³/mol. The van der Waals surface area contributed by atoms with Gasteiger partial charge in [-0.2, -0.15) is 0 Å². The van der Waals surface area contributed by atoms with Crippen molar-refractivity contribution in [1.29, 1.82) is 0 Å². The second-order valence-electron chi connectivity index (χ2n) is 3.68. The summed E-state index contributed by atoms with van der Waals surface area (Å²) in [7, 11) is 0. The highest BCUT2D eigenvalue weighted by atomic mass is 16.6. The minimum Gasteiger partial charge on any atom is -0.327 e. The lowest BCUT2D eigenvalue weighted by Crippen LogP contribution is -2.22. The van der Waals surface area contributed by atoms with Gasteiger partial charge in [0.25, 0.3) is 5.69 Å². The van der Waals surface area contributed by atoms with Gasteiger partial charge in [-0.15, -0.1) is 0 Å². The Kier molecular flexibility index (Phi) is 4.24. The first-order valence-electron chi connectivity index (χ1n) is 5.12. The molecule has 2 N–H and O–H groups in total. The fraction of sp³-hybridized carbons (Fsp3) is 0.455. The highest BCUT2D eigenvalue weighted by Crippen LogP contribution is 2.13. The number of nitrogens with zero attached hydrogens (tertiary/aromatic N) is 1. The van der Waals surface area contributed by atoms with Crippen molar-refractivity contribution in [3.63, 3.8) is 0 Å². The molecule has 4 heteroatoms. The number of hydrogen-bond donors (Lipinski definition) is 1. The van der Waals surface area contributed by atoms with E-state index in [9.17, 15) is 10.1 Å². The Bertz CT molecular complexity index is 322. The van der Waals surface area contributed by atoms with Crippen LogP contribution in [0.4, 0.5) is 5.69 Å². The van der Waals surface area contributed by atoms with Crippen LogP contribution in [0.15, 0.2) is 24.3 Å². The summed E-state index contributed by atoms with van der Waals surface area (Å²) in [6.07, 6.45) is 2.83. The van der Waals surface area contributed by atoms with Gasteiger partial charge in [0.05, 0.1) is 4.92 Å². The van der Waals surface area contributed by atoms with E-state index in [1.165, 1.54) is 12.1 Å². The van der Waals surface area contributed by atoms with E-state index in [-0.39, 0.29) is 11.7 Å². The van der Waals surface area contributed by atoms with Crippen LogP contribution in [0.2, 0.25) is 0 Å². The Labute approximate surface area is 89.2 Å². The summed E-state index contributed by atoms with van der Waals surface area (Å²) in [6, 6.07) is 6.74. The van der Waals surface area contributed by atoms with E-state index in [0.717, 1.165) is 24.8 Å². The monoisotopic (exact) mass is 208 g/mol. The van der Waals surface area contributed by atoms with Crippen LogP contribution in [-0.4, -0.2) is 11.0 Å². The lowest BCUT2D eigenvalue weighted by Gasteiger charge is -2.09. The first-order chi connectivity index (χ1) is 7.13. The summed E-state index contributed by atoms with van der Waals surface area (Å²) in [5.41, 5.74) is 7.06. The summed E-state index contributed by atoms with van der Waals surface area (Å²) < 4.78 is 0.